The van der Waals surface area contributed by atoms with Crippen molar-refractivity contribution in [2.75, 3.05) is 22.6 Å². The summed E-state index contributed by atoms with van der Waals surface area (Å²) >= 11 is 1.03. The second-order valence-electron chi connectivity index (χ2n) is 10.0. The number of hydrogen-bond donors (Lipinski definition) is 1. The van der Waals surface area contributed by atoms with Gasteiger partial charge in [-0.3, -0.25) is 9.69 Å². The third-order valence-electron chi connectivity index (χ3n) is 6.60. The molecule has 4 aromatic rings. The van der Waals surface area contributed by atoms with Gasteiger partial charge in [-0.05, 0) is 61.4 Å². The molecule has 5 rings (SSSR count). The molecular formula is C30H25F5N6O3S. The third-order valence-corrected chi connectivity index (χ3v) is 7.52. The number of thioether (sulfide) groups is 1. The van der Waals surface area contributed by atoms with Crippen molar-refractivity contribution in [3.63, 3.8) is 0 Å². The quantitative estimate of drug-likeness (QED) is 0.203. The van der Waals surface area contributed by atoms with Gasteiger partial charge >= 0.3 is 12.2 Å². The van der Waals surface area contributed by atoms with Crippen molar-refractivity contribution in [2.45, 2.75) is 33.1 Å². The van der Waals surface area contributed by atoms with Crippen molar-refractivity contribution in [2.24, 2.45) is 4.99 Å². The van der Waals surface area contributed by atoms with E-state index >= 15 is 0 Å². The van der Waals surface area contributed by atoms with Crippen LogP contribution in [0.2, 0.25) is 0 Å². The largest absolute Gasteiger partial charge is 0.411 e. The van der Waals surface area contributed by atoms with Crippen LogP contribution >= 0.6 is 11.8 Å². The number of rotatable bonds is 8. The molecule has 3 aromatic carbocycles. The molecule has 1 aliphatic heterocycles. The van der Waals surface area contributed by atoms with Gasteiger partial charge in [0, 0.05) is 22.4 Å². The second kappa shape index (κ2) is 13.2. The van der Waals surface area contributed by atoms with Gasteiger partial charge < -0.3 is 10.1 Å². The minimum Gasteiger partial charge on any atom is -0.367 e. The van der Waals surface area contributed by atoms with Crippen molar-refractivity contribution in [1.82, 2.24) is 14.8 Å². The first kappa shape index (κ1) is 31.8. The van der Waals surface area contributed by atoms with Crippen LogP contribution < -0.4 is 10.2 Å². The molecular weight excluding hydrogens is 619 g/mol. The number of halogens is 5. The van der Waals surface area contributed by atoms with Crippen molar-refractivity contribution in [3.8, 4) is 17.1 Å². The van der Waals surface area contributed by atoms with Crippen LogP contribution in [0.3, 0.4) is 0 Å². The number of urea groups is 1. The van der Waals surface area contributed by atoms with E-state index in [-0.39, 0.29) is 28.1 Å². The molecule has 3 amide bonds. The Labute approximate surface area is 258 Å². The first-order valence-electron chi connectivity index (χ1n) is 13.4. The summed E-state index contributed by atoms with van der Waals surface area (Å²) in [5, 5.41) is 7.18. The minimum atomic E-state index is -4.50. The highest BCUT2D eigenvalue weighted by molar-refractivity contribution is 8.15. The number of anilines is 2. The third kappa shape index (κ3) is 7.72. The lowest BCUT2D eigenvalue weighted by Gasteiger charge is -2.21. The number of nitrogens with one attached hydrogen (secondary N) is 1. The van der Waals surface area contributed by atoms with Gasteiger partial charge in [0.15, 0.2) is 11.0 Å². The molecule has 9 nitrogen and oxygen atoms in total. The minimum absolute atomic E-state index is 0.00730. The van der Waals surface area contributed by atoms with Crippen molar-refractivity contribution in [3.05, 3.63) is 89.2 Å². The summed E-state index contributed by atoms with van der Waals surface area (Å²) < 4.78 is 69.9. The highest BCUT2D eigenvalue weighted by atomic mass is 32.2. The molecule has 1 aliphatic rings. The summed E-state index contributed by atoms with van der Waals surface area (Å²) in [6.45, 7) is 1.68. The van der Waals surface area contributed by atoms with Gasteiger partial charge in [-0.25, -0.2) is 23.2 Å². The Bertz CT molecular complexity index is 1760. The molecule has 15 heteroatoms. The van der Waals surface area contributed by atoms with Crippen LogP contribution in [-0.4, -0.2) is 50.4 Å². The van der Waals surface area contributed by atoms with Crippen LogP contribution in [0, 0.1) is 13.8 Å². The van der Waals surface area contributed by atoms with Crippen LogP contribution in [-0.2, 0) is 16.1 Å². The monoisotopic (exact) mass is 644 g/mol. The molecule has 2 heterocycles. The second-order valence-corrected chi connectivity index (χ2v) is 11.0. The Morgan fingerprint density at radius 2 is 1.84 bits per heavy atom. The summed E-state index contributed by atoms with van der Waals surface area (Å²) in [6.07, 6.45) is -5.61. The van der Waals surface area contributed by atoms with Gasteiger partial charge in [-0.2, -0.15) is 18.2 Å². The Morgan fingerprint density at radius 3 is 2.53 bits per heavy atom. The zero-order valence-electron chi connectivity index (χ0n) is 23.8. The van der Waals surface area contributed by atoms with E-state index in [1.165, 1.54) is 40.2 Å². The van der Waals surface area contributed by atoms with Gasteiger partial charge in [0.2, 0.25) is 5.91 Å². The highest BCUT2D eigenvalue weighted by Gasteiger charge is 2.33. The molecule has 0 aliphatic carbocycles. The first-order chi connectivity index (χ1) is 21.4. The molecule has 234 valence electrons. The molecule has 0 saturated carbocycles. The van der Waals surface area contributed by atoms with E-state index in [2.05, 4.69) is 20.4 Å². The highest BCUT2D eigenvalue weighted by Crippen LogP contribution is 2.32. The summed E-state index contributed by atoms with van der Waals surface area (Å²) in [5.74, 6) is -0.0161. The smallest absolute Gasteiger partial charge is 0.367 e. The number of aromatic nitrogens is 3. The molecule has 1 saturated heterocycles. The number of nitrogens with zero attached hydrogens (tertiary/aromatic N) is 5. The number of benzene rings is 3. The summed E-state index contributed by atoms with van der Waals surface area (Å²) in [5.41, 5.74) is 3.57. The topological polar surface area (TPSA) is 102 Å². The van der Waals surface area contributed by atoms with Crippen LogP contribution in [0.5, 0.6) is 0 Å². The van der Waals surface area contributed by atoms with Crippen LogP contribution in [0.15, 0.2) is 72.0 Å². The number of carbonyl (C=O) groups excluding carboxylic acids is 2. The van der Waals surface area contributed by atoms with E-state index in [0.29, 0.717) is 33.9 Å². The summed E-state index contributed by atoms with van der Waals surface area (Å²) in [4.78, 5) is 35.3. The van der Waals surface area contributed by atoms with Gasteiger partial charge in [0.25, 0.3) is 6.43 Å². The lowest BCUT2D eigenvalue weighted by Crippen LogP contribution is -2.31. The van der Waals surface area contributed by atoms with Gasteiger partial charge in [0.1, 0.15) is 12.9 Å². The maximum Gasteiger partial charge on any atom is 0.411 e. The van der Waals surface area contributed by atoms with E-state index in [0.717, 1.165) is 17.3 Å². The normalized spacial score (nSPS) is 14.5. The average molecular weight is 645 g/mol. The van der Waals surface area contributed by atoms with Gasteiger partial charge in [0.05, 0.1) is 23.7 Å². The Hall–Kier alpha value is -4.63. The number of alkyl halides is 5. The Kier molecular flexibility index (Phi) is 9.29. The molecule has 0 radical (unpaired) electrons. The molecule has 0 atom stereocenters. The van der Waals surface area contributed by atoms with Crippen LogP contribution in [0.1, 0.15) is 28.7 Å². The first-order valence-corrected chi connectivity index (χ1v) is 14.4. The lowest BCUT2D eigenvalue weighted by atomic mass is 10.1. The Morgan fingerprint density at radius 1 is 1.09 bits per heavy atom. The number of amides is 3. The molecule has 45 heavy (non-hydrogen) atoms. The van der Waals surface area contributed by atoms with Crippen molar-refractivity contribution >= 4 is 40.2 Å². The molecule has 1 aromatic heterocycles. The summed E-state index contributed by atoms with van der Waals surface area (Å²) in [7, 11) is 0. The fraction of sp³-hybridized carbons (Fsp3) is 0.233. The molecule has 1 N–H and O–H groups in total. The van der Waals surface area contributed by atoms with Crippen molar-refractivity contribution in [1.29, 1.82) is 0 Å². The number of ether oxygens (including phenoxy) is 1. The molecule has 1 fully saturated rings. The van der Waals surface area contributed by atoms with Crippen LogP contribution in [0.4, 0.5) is 38.1 Å². The molecule has 0 spiro atoms. The average Bonchev–Trinajstić information content (AvgIpc) is 3.61. The van der Waals surface area contributed by atoms with Crippen molar-refractivity contribution < 1.29 is 36.3 Å². The van der Waals surface area contributed by atoms with E-state index in [1.54, 1.807) is 50.2 Å². The number of aliphatic imine (C=N–C) groups is 1. The maximum absolute atomic E-state index is 12.9. The zero-order chi connectivity index (χ0) is 32.3. The number of aryl methyl sites for hydroxylation is 2. The van der Waals surface area contributed by atoms with E-state index in [9.17, 15) is 31.5 Å². The van der Waals surface area contributed by atoms with E-state index in [1.807, 2.05) is 0 Å². The van der Waals surface area contributed by atoms with E-state index in [4.69, 9.17) is 4.74 Å². The van der Waals surface area contributed by atoms with Gasteiger partial charge in [-0.15, -0.1) is 5.10 Å². The number of amidine groups is 1. The number of carbonyl (C=O) groups is 2. The fourth-order valence-electron chi connectivity index (χ4n) is 4.43. The van der Waals surface area contributed by atoms with Gasteiger partial charge in [-0.1, -0.05) is 36.0 Å². The SMILES string of the molecule is Cc1ccc(COCC(F)(F)F)c(N2C(=O)CS/C2=N\C(=O)Nc2ccc(-c3ncn(-c4ccc(C(F)F)cc4)n3)cc2C)c1. The van der Waals surface area contributed by atoms with E-state index < -0.39 is 31.8 Å². The van der Waals surface area contributed by atoms with Crippen LogP contribution in [0.25, 0.3) is 17.1 Å². The predicted molar refractivity (Wildman–Crippen MR) is 160 cm³/mol. The Balaban J connectivity index is 1.30. The standard InChI is InChI=1S/C30H25F5N6O3S/c1-17-3-4-21(13-44-15-30(33,34)35)24(11-17)41-25(42)14-45-29(41)38-28(43)37-23-10-7-20(12-18(23)2)27-36-16-40(39-27)22-8-5-19(6-9-22)26(31)32/h3-12,16,26H,13-15H2,1-2H3,(H,37,43)/b38-29-. The molecule has 0 unspecified atom stereocenters. The maximum atomic E-state index is 12.9. The fourth-order valence-corrected chi connectivity index (χ4v) is 5.29. The number of hydrogen-bond acceptors (Lipinski definition) is 6. The lowest BCUT2D eigenvalue weighted by molar-refractivity contribution is -0.176. The summed E-state index contributed by atoms with van der Waals surface area (Å²) in [6, 6.07) is 14.9. The zero-order valence-corrected chi connectivity index (χ0v) is 24.6. The predicted octanol–water partition coefficient (Wildman–Crippen LogP) is 7.24. The molecule has 0 bridgehead atoms.